The molecule has 0 fully saturated rings. The number of nitrogens with zero attached hydrogens (tertiary/aromatic N) is 6. The van der Waals surface area contributed by atoms with Gasteiger partial charge in [0.05, 0.1) is 34.9 Å². The van der Waals surface area contributed by atoms with Gasteiger partial charge in [0, 0.05) is 38.6 Å². The zero-order valence-corrected chi connectivity index (χ0v) is 35.0. The second kappa shape index (κ2) is 16.6. The number of nitriles is 1. The van der Waals surface area contributed by atoms with E-state index in [0.717, 1.165) is 88.7 Å². The highest BCUT2D eigenvalue weighted by Crippen LogP contribution is 2.45. The summed E-state index contributed by atoms with van der Waals surface area (Å²) in [5.74, 6) is 1.64. The van der Waals surface area contributed by atoms with Crippen LogP contribution in [0.5, 0.6) is 0 Å². The average molecular weight is 829 g/mol. The highest BCUT2D eigenvalue weighted by Gasteiger charge is 2.24. The fraction of sp³-hybridized carbons (Fsp3) is 0. The molecule has 0 N–H and O–H groups in total. The number of benzene rings is 9. The van der Waals surface area contributed by atoms with Gasteiger partial charge in [-0.15, -0.1) is 0 Å². The molecule has 9 aromatic carbocycles. The topological polar surface area (TPSA) is 71.8 Å². The maximum atomic E-state index is 9.92. The molecule has 0 spiro atoms. The van der Waals surface area contributed by atoms with Gasteiger partial charge in [0.15, 0.2) is 23.2 Å². The van der Waals surface area contributed by atoms with Crippen LogP contribution in [0.15, 0.2) is 218 Å². The van der Waals surface area contributed by atoms with E-state index in [1.165, 1.54) is 0 Å². The van der Waals surface area contributed by atoms with Crippen LogP contribution >= 0.6 is 0 Å². The van der Waals surface area contributed by atoms with Crippen molar-refractivity contribution in [2.24, 2.45) is 0 Å². The Kier molecular flexibility index (Phi) is 9.86. The zero-order chi connectivity index (χ0) is 43.7. The lowest BCUT2D eigenvalue weighted by atomic mass is 9.92. The molecule has 0 radical (unpaired) electrons. The first-order valence-corrected chi connectivity index (χ1v) is 21.3. The summed E-state index contributed by atoms with van der Waals surface area (Å²) in [6.07, 6.45) is 0. The minimum Gasteiger partial charge on any atom is -0.308 e. The first-order valence-electron chi connectivity index (χ1n) is 21.3. The number of rotatable bonds is 8. The lowest BCUT2D eigenvalue weighted by molar-refractivity contribution is 1.07. The summed E-state index contributed by atoms with van der Waals surface area (Å²) >= 11 is 0. The summed E-state index contributed by atoms with van der Waals surface area (Å²) in [5.41, 5.74) is 14.8. The van der Waals surface area contributed by atoms with Gasteiger partial charge in [0.2, 0.25) is 0 Å². The normalized spacial score (nSPS) is 11.0. The summed E-state index contributed by atoms with van der Waals surface area (Å²) in [5, 5.41) is 12.1. The van der Waals surface area contributed by atoms with Gasteiger partial charge in [-0.2, -0.15) is 5.26 Å². The molecular formula is C59H36N6. The van der Waals surface area contributed by atoms with Gasteiger partial charge < -0.3 is 4.57 Å². The molecular weight excluding hydrogens is 793 g/mol. The summed E-state index contributed by atoms with van der Waals surface area (Å²) < 4.78 is 2.38. The van der Waals surface area contributed by atoms with Crippen molar-refractivity contribution in [1.82, 2.24) is 19.5 Å². The molecule has 0 bridgehead atoms. The Morgan fingerprint density at radius 3 is 1.18 bits per heavy atom. The Bertz CT molecular complexity index is 3390. The van der Waals surface area contributed by atoms with Gasteiger partial charge >= 0.3 is 0 Å². The molecule has 0 saturated heterocycles. The van der Waals surface area contributed by atoms with E-state index in [9.17, 15) is 5.26 Å². The maximum absolute atomic E-state index is 9.92. The monoisotopic (exact) mass is 828 g/mol. The van der Waals surface area contributed by atoms with Crippen LogP contribution < -0.4 is 0 Å². The fourth-order valence-corrected chi connectivity index (χ4v) is 8.71. The van der Waals surface area contributed by atoms with Crippen molar-refractivity contribution in [2.45, 2.75) is 0 Å². The molecule has 11 aromatic rings. The Balaban J connectivity index is 1.26. The average Bonchev–Trinajstić information content (AvgIpc) is 3.71. The molecule has 302 valence electrons. The van der Waals surface area contributed by atoms with E-state index in [4.69, 9.17) is 21.5 Å². The van der Waals surface area contributed by atoms with Crippen LogP contribution in [0.3, 0.4) is 0 Å². The molecule has 0 aliphatic heterocycles. The van der Waals surface area contributed by atoms with Crippen LogP contribution in [0.2, 0.25) is 0 Å². The van der Waals surface area contributed by atoms with Crippen molar-refractivity contribution in [3.63, 3.8) is 0 Å². The van der Waals surface area contributed by atoms with Crippen molar-refractivity contribution < 1.29 is 0 Å². The molecule has 0 amide bonds. The first-order chi connectivity index (χ1) is 32.1. The smallest absolute Gasteiger partial charge is 0.187 e. The lowest BCUT2D eigenvalue weighted by Crippen LogP contribution is -2.04. The highest BCUT2D eigenvalue weighted by atomic mass is 15.0. The van der Waals surface area contributed by atoms with E-state index in [0.29, 0.717) is 28.7 Å². The molecule has 6 heteroatoms. The van der Waals surface area contributed by atoms with Gasteiger partial charge in [-0.25, -0.2) is 19.8 Å². The van der Waals surface area contributed by atoms with Crippen molar-refractivity contribution in [3.05, 3.63) is 235 Å². The van der Waals surface area contributed by atoms with E-state index in [-0.39, 0.29) is 0 Å². The molecule has 0 saturated carbocycles. The largest absolute Gasteiger partial charge is 0.308 e. The van der Waals surface area contributed by atoms with E-state index in [1.807, 2.05) is 121 Å². The van der Waals surface area contributed by atoms with Gasteiger partial charge in [-0.05, 0) is 81.9 Å². The fourth-order valence-electron chi connectivity index (χ4n) is 8.71. The zero-order valence-electron chi connectivity index (χ0n) is 35.0. The quantitative estimate of drug-likeness (QED) is 0.143. The summed E-state index contributed by atoms with van der Waals surface area (Å²) in [6.45, 7) is 7.80. The molecule has 6 nitrogen and oxygen atoms in total. The van der Waals surface area contributed by atoms with Crippen LogP contribution in [0.4, 0.5) is 5.69 Å². The third-order valence-electron chi connectivity index (χ3n) is 11.9. The van der Waals surface area contributed by atoms with Crippen LogP contribution in [0, 0.1) is 17.9 Å². The summed E-state index contributed by atoms with van der Waals surface area (Å²) in [7, 11) is 0. The Hall–Kier alpha value is -9.23. The second-order valence-electron chi connectivity index (χ2n) is 15.8. The third kappa shape index (κ3) is 7.28. The minimum absolute atomic E-state index is 0.514. The molecule has 0 atom stereocenters. The van der Waals surface area contributed by atoms with Crippen LogP contribution in [0.1, 0.15) is 5.56 Å². The molecule has 2 heterocycles. The van der Waals surface area contributed by atoms with Gasteiger partial charge in [-0.3, -0.25) is 0 Å². The van der Waals surface area contributed by atoms with Crippen molar-refractivity contribution in [3.8, 4) is 90.4 Å². The molecule has 0 unspecified atom stereocenters. The summed E-state index contributed by atoms with van der Waals surface area (Å²) in [6, 6.07) is 76.6. The van der Waals surface area contributed by atoms with Crippen molar-refractivity contribution in [2.75, 3.05) is 0 Å². The van der Waals surface area contributed by atoms with Gasteiger partial charge in [0.1, 0.15) is 0 Å². The van der Waals surface area contributed by atoms with Crippen LogP contribution in [0.25, 0.3) is 111 Å². The minimum atomic E-state index is 0.514. The maximum Gasteiger partial charge on any atom is 0.187 e. The number of aromatic nitrogens is 4. The highest BCUT2D eigenvalue weighted by molar-refractivity contribution is 6.13. The Morgan fingerprint density at radius 2 is 0.769 bits per heavy atom. The van der Waals surface area contributed by atoms with Gasteiger partial charge in [-0.1, -0.05) is 170 Å². The predicted molar refractivity (Wildman–Crippen MR) is 263 cm³/mol. The number of hydrogen-bond acceptors (Lipinski definition) is 4. The molecule has 0 aliphatic rings. The Labute approximate surface area is 376 Å². The van der Waals surface area contributed by atoms with Crippen molar-refractivity contribution in [1.29, 1.82) is 5.26 Å². The number of hydrogen-bond donors (Lipinski definition) is 0. The standard InChI is InChI=1S/C59H36N6/c1-61-49-30-26-43(27-31-49)51-37-48(59-63-57(44-18-10-4-11-19-44)62-58(64-59)45-20-12-5-13-21-45)36-50(42-24-22-39(38-60)23-25-42)56(51)65-54-32-28-46(40-14-6-2-7-15-40)34-52(54)53-35-47(29-33-55(53)65)41-16-8-3-9-17-41/h2-37H. The summed E-state index contributed by atoms with van der Waals surface area (Å²) in [4.78, 5) is 19.1. The van der Waals surface area contributed by atoms with E-state index < -0.39 is 0 Å². The lowest BCUT2D eigenvalue weighted by Gasteiger charge is -2.21. The molecule has 2 aromatic heterocycles. The molecule has 11 rings (SSSR count). The first kappa shape index (κ1) is 38.7. The molecule has 65 heavy (non-hydrogen) atoms. The van der Waals surface area contributed by atoms with E-state index in [1.54, 1.807) is 0 Å². The third-order valence-corrected chi connectivity index (χ3v) is 11.9. The van der Waals surface area contributed by atoms with E-state index in [2.05, 4.69) is 113 Å². The predicted octanol–water partition coefficient (Wildman–Crippen LogP) is 15.1. The van der Waals surface area contributed by atoms with Gasteiger partial charge in [0.25, 0.3) is 0 Å². The van der Waals surface area contributed by atoms with Crippen LogP contribution in [-0.2, 0) is 0 Å². The van der Waals surface area contributed by atoms with E-state index >= 15 is 0 Å². The second-order valence-corrected chi connectivity index (χ2v) is 15.8. The van der Waals surface area contributed by atoms with Crippen molar-refractivity contribution >= 4 is 27.5 Å². The Morgan fingerprint density at radius 1 is 0.385 bits per heavy atom. The SMILES string of the molecule is [C-]#[N+]c1ccc(-c2cc(-c3nc(-c4ccccc4)nc(-c4ccccc4)n3)cc(-c3ccc(C#N)cc3)c2-n2c3ccc(-c4ccccc4)cc3c3cc(-c4ccccc4)ccc32)cc1. The number of fused-ring (bicyclic) bond motifs is 3. The molecule has 0 aliphatic carbocycles. The van der Waals surface area contributed by atoms with Crippen LogP contribution in [-0.4, -0.2) is 19.5 Å².